The van der Waals surface area contributed by atoms with Crippen molar-refractivity contribution in [3.63, 3.8) is 0 Å². The van der Waals surface area contributed by atoms with Gasteiger partial charge in [0.2, 0.25) is 0 Å². The highest BCUT2D eigenvalue weighted by atomic mass is 32.1. The van der Waals surface area contributed by atoms with Gasteiger partial charge in [0.25, 0.3) is 0 Å². The van der Waals surface area contributed by atoms with Crippen molar-refractivity contribution in [1.82, 2.24) is 15.1 Å². The second-order valence-electron chi connectivity index (χ2n) is 4.63. The quantitative estimate of drug-likeness (QED) is 0.903. The predicted molar refractivity (Wildman–Crippen MR) is 71.1 cm³/mol. The van der Waals surface area contributed by atoms with Crippen LogP contribution in [0.2, 0.25) is 0 Å². The van der Waals surface area contributed by atoms with E-state index in [1.165, 1.54) is 18.4 Å². The maximum Gasteiger partial charge on any atom is 0.0931 e. The molecule has 4 heteroatoms. The van der Waals surface area contributed by atoms with Gasteiger partial charge < -0.3 is 5.32 Å². The van der Waals surface area contributed by atoms with E-state index >= 15 is 0 Å². The van der Waals surface area contributed by atoms with Gasteiger partial charge in [-0.25, -0.2) is 0 Å². The zero-order chi connectivity index (χ0) is 11.5. The Morgan fingerprint density at radius 1 is 1.35 bits per heavy atom. The Bertz CT molecular complexity index is 455. The summed E-state index contributed by atoms with van der Waals surface area (Å²) in [7, 11) is 0. The molecule has 1 aliphatic heterocycles. The van der Waals surface area contributed by atoms with Crippen molar-refractivity contribution in [2.24, 2.45) is 5.92 Å². The molecule has 0 atom stereocenters. The monoisotopic (exact) mass is 247 g/mol. The molecule has 0 amide bonds. The number of hydrogen-bond donors (Lipinski definition) is 1. The summed E-state index contributed by atoms with van der Waals surface area (Å²) in [4.78, 5) is 0. The largest absolute Gasteiger partial charge is 0.317 e. The molecule has 0 bridgehead atoms. The van der Waals surface area contributed by atoms with Crippen LogP contribution in [0.5, 0.6) is 0 Å². The third kappa shape index (κ3) is 2.58. The third-order valence-electron chi connectivity index (χ3n) is 3.36. The van der Waals surface area contributed by atoms with Gasteiger partial charge >= 0.3 is 0 Å². The second-order valence-corrected chi connectivity index (χ2v) is 5.41. The van der Waals surface area contributed by atoms with Crippen LogP contribution in [0.3, 0.4) is 0 Å². The molecule has 3 heterocycles. The Morgan fingerprint density at radius 3 is 3.00 bits per heavy atom. The molecule has 3 rings (SSSR count). The SMILES string of the molecule is c1cc(-c2ccn(CC3CCNCC3)n2)cs1. The van der Waals surface area contributed by atoms with Crippen molar-refractivity contribution >= 4 is 11.3 Å². The minimum absolute atomic E-state index is 0.784. The lowest BCUT2D eigenvalue weighted by Crippen LogP contribution is -2.29. The van der Waals surface area contributed by atoms with Gasteiger partial charge in [-0.05, 0) is 49.4 Å². The fraction of sp³-hybridized carbons (Fsp3) is 0.462. The first-order chi connectivity index (χ1) is 8.42. The van der Waals surface area contributed by atoms with E-state index in [0.717, 1.165) is 31.2 Å². The lowest BCUT2D eigenvalue weighted by atomic mass is 9.98. The van der Waals surface area contributed by atoms with E-state index in [4.69, 9.17) is 0 Å². The average molecular weight is 247 g/mol. The summed E-state index contributed by atoms with van der Waals surface area (Å²) in [6.45, 7) is 3.37. The lowest BCUT2D eigenvalue weighted by molar-refractivity contribution is 0.321. The number of piperidine rings is 1. The first-order valence-corrected chi connectivity index (χ1v) is 7.13. The van der Waals surface area contributed by atoms with E-state index in [0.29, 0.717) is 0 Å². The average Bonchev–Trinajstić information content (AvgIpc) is 3.00. The molecular formula is C13H17N3S. The second kappa shape index (κ2) is 5.02. The highest BCUT2D eigenvalue weighted by molar-refractivity contribution is 7.08. The van der Waals surface area contributed by atoms with Crippen LogP contribution < -0.4 is 5.32 Å². The highest BCUT2D eigenvalue weighted by Crippen LogP contribution is 2.21. The summed E-state index contributed by atoms with van der Waals surface area (Å²) in [5, 5.41) is 12.3. The van der Waals surface area contributed by atoms with Crippen molar-refractivity contribution in [2.75, 3.05) is 13.1 Å². The van der Waals surface area contributed by atoms with Crippen LogP contribution in [0.4, 0.5) is 0 Å². The Morgan fingerprint density at radius 2 is 2.24 bits per heavy atom. The summed E-state index contributed by atoms with van der Waals surface area (Å²) < 4.78 is 2.10. The number of nitrogens with zero attached hydrogens (tertiary/aromatic N) is 2. The van der Waals surface area contributed by atoms with Crippen LogP contribution in [0.1, 0.15) is 12.8 Å². The van der Waals surface area contributed by atoms with Gasteiger partial charge in [-0.3, -0.25) is 4.68 Å². The lowest BCUT2D eigenvalue weighted by Gasteiger charge is -2.22. The van der Waals surface area contributed by atoms with Crippen LogP contribution >= 0.6 is 11.3 Å². The summed E-state index contributed by atoms with van der Waals surface area (Å²) in [6.07, 6.45) is 4.65. The topological polar surface area (TPSA) is 29.9 Å². The number of thiophene rings is 1. The fourth-order valence-electron chi connectivity index (χ4n) is 2.36. The smallest absolute Gasteiger partial charge is 0.0931 e. The first-order valence-electron chi connectivity index (χ1n) is 6.18. The van der Waals surface area contributed by atoms with Gasteiger partial charge in [-0.2, -0.15) is 16.4 Å². The molecule has 17 heavy (non-hydrogen) atoms. The maximum atomic E-state index is 4.65. The van der Waals surface area contributed by atoms with Crippen molar-refractivity contribution in [1.29, 1.82) is 0 Å². The molecule has 1 fully saturated rings. The molecule has 0 spiro atoms. The molecule has 0 aromatic carbocycles. The molecular weight excluding hydrogens is 230 g/mol. The molecule has 0 saturated carbocycles. The molecule has 0 radical (unpaired) electrons. The Labute approximate surface area is 105 Å². The summed E-state index contributed by atoms with van der Waals surface area (Å²) in [6, 6.07) is 4.24. The number of rotatable bonds is 3. The zero-order valence-electron chi connectivity index (χ0n) is 9.80. The summed E-state index contributed by atoms with van der Waals surface area (Å²) in [5.41, 5.74) is 2.33. The van der Waals surface area contributed by atoms with Crippen LogP contribution in [-0.4, -0.2) is 22.9 Å². The maximum absolute atomic E-state index is 4.65. The van der Waals surface area contributed by atoms with Gasteiger partial charge in [-0.15, -0.1) is 0 Å². The van der Waals surface area contributed by atoms with Crippen LogP contribution in [0.15, 0.2) is 29.1 Å². The molecule has 1 N–H and O–H groups in total. The van der Waals surface area contributed by atoms with Gasteiger partial charge in [0.05, 0.1) is 5.69 Å². The van der Waals surface area contributed by atoms with Gasteiger partial charge in [0, 0.05) is 23.7 Å². The molecule has 0 aliphatic carbocycles. The van der Waals surface area contributed by atoms with Crippen LogP contribution in [-0.2, 0) is 6.54 Å². The van der Waals surface area contributed by atoms with E-state index < -0.39 is 0 Å². The molecule has 2 aromatic heterocycles. The molecule has 1 saturated heterocycles. The molecule has 90 valence electrons. The van der Waals surface area contributed by atoms with Gasteiger partial charge in [-0.1, -0.05) is 0 Å². The normalized spacial score (nSPS) is 17.4. The summed E-state index contributed by atoms with van der Waals surface area (Å²) in [5.74, 6) is 0.784. The van der Waals surface area contributed by atoms with Crippen molar-refractivity contribution < 1.29 is 0 Å². The van der Waals surface area contributed by atoms with Crippen molar-refractivity contribution in [3.8, 4) is 11.3 Å². The van der Waals surface area contributed by atoms with Crippen LogP contribution in [0, 0.1) is 5.92 Å². The van der Waals surface area contributed by atoms with E-state index in [9.17, 15) is 0 Å². The Balaban J connectivity index is 1.68. The Hall–Kier alpha value is -1.13. The van der Waals surface area contributed by atoms with Gasteiger partial charge in [0.15, 0.2) is 0 Å². The molecule has 3 nitrogen and oxygen atoms in total. The number of hydrogen-bond acceptors (Lipinski definition) is 3. The van der Waals surface area contributed by atoms with Crippen molar-refractivity contribution in [3.05, 3.63) is 29.1 Å². The number of nitrogens with one attached hydrogen (secondary N) is 1. The van der Waals surface area contributed by atoms with Crippen molar-refractivity contribution in [2.45, 2.75) is 19.4 Å². The zero-order valence-corrected chi connectivity index (χ0v) is 10.6. The fourth-order valence-corrected chi connectivity index (χ4v) is 3.01. The predicted octanol–water partition coefficient (Wildman–Crippen LogP) is 2.61. The minimum atomic E-state index is 0.784. The van der Waals surface area contributed by atoms with Crippen LogP contribution in [0.25, 0.3) is 11.3 Å². The molecule has 1 aliphatic rings. The molecule has 0 unspecified atom stereocenters. The molecule has 2 aromatic rings. The van der Waals surface area contributed by atoms with E-state index in [-0.39, 0.29) is 0 Å². The van der Waals surface area contributed by atoms with E-state index in [2.05, 4.69) is 44.2 Å². The Kier molecular flexibility index (Phi) is 3.25. The standard InChI is InChI=1S/C13H17N3S/c1-5-14-6-2-11(1)9-16-7-3-13(15-16)12-4-8-17-10-12/h3-4,7-8,10-11,14H,1-2,5-6,9H2. The van der Waals surface area contributed by atoms with E-state index in [1.54, 1.807) is 11.3 Å². The van der Waals surface area contributed by atoms with Gasteiger partial charge in [0.1, 0.15) is 0 Å². The van der Waals surface area contributed by atoms with E-state index in [1.807, 2.05) is 0 Å². The summed E-state index contributed by atoms with van der Waals surface area (Å²) >= 11 is 1.72. The minimum Gasteiger partial charge on any atom is -0.317 e. The first kappa shape index (κ1) is 11.0. The third-order valence-corrected chi connectivity index (χ3v) is 4.04. The number of aromatic nitrogens is 2. The highest BCUT2D eigenvalue weighted by Gasteiger charge is 2.14.